The van der Waals surface area contributed by atoms with E-state index < -0.39 is 0 Å². The lowest BCUT2D eigenvalue weighted by atomic mass is 9.96. The van der Waals surface area contributed by atoms with E-state index in [1.165, 1.54) is 65.4 Å². The van der Waals surface area contributed by atoms with Gasteiger partial charge in [0.2, 0.25) is 0 Å². The molecule has 3 heteroatoms. The number of aromatic nitrogens is 1. The highest BCUT2D eigenvalue weighted by molar-refractivity contribution is 6.19. The summed E-state index contributed by atoms with van der Waals surface area (Å²) in [6.45, 7) is 0. The molecule has 0 aliphatic heterocycles. The number of furan rings is 1. The molecule has 0 fully saturated rings. The lowest BCUT2D eigenvalue weighted by molar-refractivity contribution is 0.673. The van der Waals surface area contributed by atoms with Gasteiger partial charge in [-0.15, -0.1) is 0 Å². The van der Waals surface area contributed by atoms with E-state index in [9.17, 15) is 0 Å². The van der Waals surface area contributed by atoms with Gasteiger partial charge < -0.3 is 13.9 Å². The number of nitrogens with zero attached hydrogens (tertiary/aromatic N) is 2. The van der Waals surface area contributed by atoms with Gasteiger partial charge in [-0.3, -0.25) is 0 Å². The summed E-state index contributed by atoms with van der Waals surface area (Å²) in [5.41, 5.74) is 17.9. The smallest absolute Gasteiger partial charge is 0.143 e. The van der Waals surface area contributed by atoms with Crippen LogP contribution in [0.1, 0.15) is 0 Å². The first-order valence-corrected chi connectivity index (χ1v) is 25.7. The molecular formula is C72H46N2O. The van der Waals surface area contributed by atoms with Crippen LogP contribution >= 0.6 is 0 Å². The lowest BCUT2D eigenvalue weighted by Gasteiger charge is -2.26. The Labute approximate surface area is 434 Å². The third-order valence-electron chi connectivity index (χ3n) is 15.4. The average molecular weight is 955 g/mol. The fraction of sp³-hybridized carbons (Fsp3) is 0. The molecule has 0 unspecified atom stereocenters. The molecule has 0 aliphatic carbocycles. The van der Waals surface area contributed by atoms with Crippen molar-refractivity contribution in [1.29, 1.82) is 0 Å². The molecule has 0 aliphatic rings. The number of hydrogen-bond acceptors (Lipinski definition) is 2. The van der Waals surface area contributed by atoms with E-state index >= 15 is 0 Å². The second kappa shape index (κ2) is 17.4. The molecular weight excluding hydrogens is 909 g/mol. The van der Waals surface area contributed by atoms with Gasteiger partial charge in [-0.1, -0.05) is 200 Å². The van der Waals surface area contributed by atoms with Crippen LogP contribution in [0.25, 0.3) is 126 Å². The first kappa shape index (κ1) is 42.7. The van der Waals surface area contributed by atoms with Crippen molar-refractivity contribution < 1.29 is 4.42 Å². The van der Waals surface area contributed by atoms with Crippen LogP contribution in [0.5, 0.6) is 0 Å². The van der Waals surface area contributed by atoms with E-state index in [2.05, 4.69) is 289 Å². The summed E-state index contributed by atoms with van der Waals surface area (Å²) in [5, 5.41) is 12.2. The Hall–Kier alpha value is -9.96. The maximum absolute atomic E-state index is 6.59. The number of rotatable bonds is 8. The molecule has 0 spiro atoms. The van der Waals surface area contributed by atoms with Crippen molar-refractivity contribution in [2.45, 2.75) is 0 Å². The van der Waals surface area contributed by atoms with Gasteiger partial charge >= 0.3 is 0 Å². The minimum atomic E-state index is 0.891. The first-order chi connectivity index (χ1) is 37.2. The third kappa shape index (κ3) is 7.20. The monoisotopic (exact) mass is 954 g/mol. The molecule has 15 aromatic rings. The molecule has 0 saturated heterocycles. The van der Waals surface area contributed by atoms with E-state index in [1.807, 2.05) is 0 Å². The molecule has 15 rings (SSSR count). The highest BCUT2D eigenvalue weighted by atomic mass is 16.3. The van der Waals surface area contributed by atoms with Crippen molar-refractivity contribution in [2.75, 3.05) is 4.90 Å². The van der Waals surface area contributed by atoms with Gasteiger partial charge in [0, 0.05) is 49.7 Å². The molecule has 0 atom stereocenters. The lowest BCUT2D eigenvalue weighted by Crippen LogP contribution is -2.09. The van der Waals surface area contributed by atoms with Gasteiger partial charge in [-0.05, 0) is 150 Å². The van der Waals surface area contributed by atoms with Gasteiger partial charge in [0.25, 0.3) is 0 Å². The predicted octanol–water partition coefficient (Wildman–Crippen LogP) is 20.3. The zero-order valence-electron chi connectivity index (χ0n) is 40.9. The summed E-state index contributed by atoms with van der Waals surface area (Å²) in [7, 11) is 0. The molecule has 0 bridgehead atoms. The van der Waals surface area contributed by atoms with Gasteiger partial charge in [0.05, 0.1) is 11.0 Å². The standard InChI is InChI=1S/C72H46N2O/c1-3-15-61-51(11-1)27-28-56-45-55(36-43-62(56)61)49-25-23-47(24-26-49)48-29-37-57(38-30-48)73(59-41-33-53(34-42-59)63-19-10-22-70-71(63)67-44-35-52-12-2-4-16-64(52)72(67)75-70)58-39-31-50(32-40-58)54-13-9-14-60(46-54)74-68-20-7-5-17-65(68)66-18-6-8-21-69(66)74/h1-46H. The van der Waals surface area contributed by atoms with Crippen LogP contribution in [0.2, 0.25) is 0 Å². The molecule has 2 heterocycles. The minimum absolute atomic E-state index is 0.891. The van der Waals surface area contributed by atoms with Crippen molar-refractivity contribution in [3.8, 4) is 50.2 Å². The van der Waals surface area contributed by atoms with Crippen molar-refractivity contribution in [3.05, 3.63) is 279 Å². The van der Waals surface area contributed by atoms with Gasteiger partial charge in [0.15, 0.2) is 0 Å². The van der Waals surface area contributed by atoms with Crippen LogP contribution in [-0.2, 0) is 0 Å². The quantitative estimate of drug-likeness (QED) is 0.142. The first-order valence-electron chi connectivity index (χ1n) is 25.7. The van der Waals surface area contributed by atoms with Crippen LogP contribution in [0.15, 0.2) is 283 Å². The maximum atomic E-state index is 6.59. The van der Waals surface area contributed by atoms with E-state index in [-0.39, 0.29) is 0 Å². The highest BCUT2D eigenvalue weighted by Gasteiger charge is 2.18. The van der Waals surface area contributed by atoms with Crippen LogP contribution < -0.4 is 4.90 Å². The van der Waals surface area contributed by atoms with E-state index in [0.717, 1.165) is 77.9 Å². The highest BCUT2D eigenvalue weighted by Crippen LogP contribution is 2.43. The zero-order chi connectivity index (χ0) is 49.4. The summed E-state index contributed by atoms with van der Waals surface area (Å²) in [6, 6.07) is 101. The number of para-hydroxylation sites is 2. The molecule has 0 N–H and O–H groups in total. The van der Waals surface area contributed by atoms with Crippen molar-refractivity contribution in [1.82, 2.24) is 4.57 Å². The summed E-state index contributed by atoms with van der Waals surface area (Å²) >= 11 is 0. The molecule has 350 valence electrons. The molecule has 75 heavy (non-hydrogen) atoms. The minimum Gasteiger partial charge on any atom is -0.455 e. The topological polar surface area (TPSA) is 21.3 Å². The molecule has 0 saturated carbocycles. The summed E-state index contributed by atoms with van der Waals surface area (Å²) in [6.07, 6.45) is 0. The summed E-state index contributed by atoms with van der Waals surface area (Å²) in [5.74, 6) is 0. The number of fused-ring (bicyclic) bond motifs is 11. The predicted molar refractivity (Wildman–Crippen MR) is 317 cm³/mol. The Balaban J connectivity index is 0.782. The second-order valence-electron chi connectivity index (χ2n) is 19.6. The van der Waals surface area contributed by atoms with E-state index in [0.29, 0.717) is 0 Å². The number of benzene rings is 13. The Kier molecular flexibility index (Phi) is 9.89. The SMILES string of the molecule is c1cc(-c2ccc(N(c3ccc(-c4ccc(-c5ccc6c(ccc7ccccc76)c5)cc4)cc3)c3ccc(-c4cccc5oc6c7ccccc7ccc6c45)cc3)cc2)cc(-n2c3ccccc3c3ccccc32)c1. The third-order valence-corrected chi connectivity index (χ3v) is 15.4. The Morgan fingerprint density at radius 2 is 0.733 bits per heavy atom. The fourth-order valence-corrected chi connectivity index (χ4v) is 11.7. The fourth-order valence-electron chi connectivity index (χ4n) is 11.7. The summed E-state index contributed by atoms with van der Waals surface area (Å²) < 4.78 is 8.97. The van der Waals surface area contributed by atoms with E-state index in [1.54, 1.807) is 0 Å². The van der Waals surface area contributed by atoms with Gasteiger partial charge in [-0.2, -0.15) is 0 Å². The van der Waals surface area contributed by atoms with Crippen molar-refractivity contribution in [3.63, 3.8) is 0 Å². The summed E-state index contributed by atoms with van der Waals surface area (Å²) in [4.78, 5) is 2.36. The van der Waals surface area contributed by atoms with Crippen molar-refractivity contribution >= 4 is 93.1 Å². The molecule has 3 nitrogen and oxygen atoms in total. The van der Waals surface area contributed by atoms with Crippen molar-refractivity contribution in [2.24, 2.45) is 0 Å². The molecule has 2 aromatic heterocycles. The van der Waals surface area contributed by atoms with Crippen LogP contribution in [0, 0.1) is 0 Å². The zero-order valence-corrected chi connectivity index (χ0v) is 40.9. The average Bonchev–Trinajstić information content (AvgIpc) is 4.04. The second-order valence-corrected chi connectivity index (χ2v) is 19.6. The maximum Gasteiger partial charge on any atom is 0.143 e. The Bertz CT molecular complexity index is 4620. The van der Waals surface area contributed by atoms with Crippen LogP contribution in [-0.4, -0.2) is 4.57 Å². The molecule has 0 radical (unpaired) electrons. The Morgan fingerprint density at radius 3 is 1.39 bits per heavy atom. The number of anilines is 3. The number of hydrogen-bond donors (Lipinski definition) is 0. The van der Waals surface area contributed by atoms with Crippen LogP contribution in [0.3, 0.4) is 0 Å². The largest absolute Gasteiger partial charge is 0.455 e. The van der Waals surface area contributed by atoms with Crippen LogP contribution in [0.4, 0.5) is 17.1 Å². The molecule has 0 amide bonds. The van der Waals surface area contributed by atoms with Gasteiger partial charge in [-0.25, -0.2) is 0 Å². The van der Waals surface area contributed by atoms with Gasteiger partial charge in [0.1, 0.15) is 11.2 Å². The Morgan fingerprint density at radius 1 is 0.280 bits per heavy atom. The molecule has 13 aromatic carbocycles. The van der Waals surface area contributed by atoms with E-state index in [4.69, 9.17) is 4.42 Å². The normalized spacial score (nSPS) is 11.7.